The zero-order chi connectivity index (χ0) is 23.5. The number of benzene rings is 2. The molecule has 33 heavy (non-hydrogen) atoms. The number of carbonyl (C=O) groups excluding carboxylic acids is 1. The van der Waals surface area contributed by atoms with Crippen molar-refractivity contribution in [1.82, 2.24) is 9.80 Å². The predicted octanol–water partition coefficient (Wildman–Crippen LogP) is 4.67. The summed E-state index contributed by atoms with van der Waals surface area (Å²) in [5, 5.41) is 11.6. The molecule has 2 bridgehead atoms. The summed E-state index contributed by atoms with van der Waals surface area (Å²) < 4.78 is 18.6. The summed E-state index contributed by atoms with van der Waals surface area (Å²) in [6, 6.07) is 9.39. The van der Waals surface area contributed by atoms with Gasteiger partial charge in [-0.3, -0.25) is 19.8 Å². The van der Waals surface area contributed by atoms with Crippen LogP contribution in [-0.4, -0.2) is 52.4 Å². The summed E-state index contributed by atoms with van der Waals surface area (Å²) in [6.45, 7) is 4.35. The molecule has 174 valence electrons. The third-order valence-corrected chi connectivity index (χ3v) is 6.41. The van der Waals surface area contributed by atoms with Gasteiger partial charge in [0, 0.05) is 43.9 Å². The molecule has 2 saturated heterocycles. The Morgan fingerprint density at radius 2 is 1.91 bits per heavy atom. The van der Waals surface area contributed by atoms with Crippen molar-refractivity contribution in [3.05, 3.63) is 74.6 Å². The third-order valence-electron chi connectivity index (χ3n) is 6.11. The molecule has 0 radical (unpaired) electrons. The van der Waals surface area contributed by atoms with Crippen LogP contribution in [0.4, 0.5) is 10.1 Å². The predicted molar refractivity (Wildman–Crippen MR) is 124 cm³/mol. The van der Waals surface area contributed by atoms with Gasteiger partial charge in [0.25, 0.3) is 5.69 Å². The van der Waals surface area contributed by atoms with Crippen molar-refractivity contribution < 1.29 is 18.8 Å². The molecule has 0 N–H and O–H groups in total. The number of amides is 1. The van der Waals surface area contributed by atoms with Crippen LogP contribution in [0.15, 0.2) is 42.5 Å². The third kappa shape index (κ3) is 5.17. The molecule has 2 heterocycles. The lowest BCUT2D eigenvalue weighted by atomic mass is 10.1. The first-order chi connectivity index (χ1) is 15.9. The van der Waals surface area contributed by atoms with E-state index in [-0.39, 0.29) is 40.1 Å². The number of piperazine rings is 1. The van der Waals surface area contributed by atoms with Gasteiger partial charge in [-0.15, -0.1) is 0 Å². The van der Waals surface area contributed by atoms with Gasteiger partial charge >= 0.3 is 0 Å². The molecular formula is C24H25ClFN3O4. The van der Waals surface area contributed by atoms with Gasteiger partial charge in [0.1, 0.15) is 11.6 Å². The molecule has 0 saturated carbocycles. The molecule has 0 aliphatic carbocycles. The number of fused-ring (bicyclic) bond motifs is 2. The van der Waals surface area contributed by atoms with Gasteiger partial charge in [0.2, 0.25) is 5.91 Å². The van der Waals surface area contributed by atoms with E-state index in [2.05, 4.69) is 4.90 Å². The van der Waals surface area contributed by atoms with Gasteiger partial charge in [0.15, 0.2) is 0 Å². The number of nitrogens with zero attached hydrogens (tertiary/aromatic N) is 3. The number of nitro groups is 1. The molecule has 2 aliphatic rings. The molecule has 2 aliphatic heterocycles. The fourth-order valence-electron chi connectivity index (χ4n) is 4.69. The lowest BCUT2D eigenvalue weighted by Crippen LogP contribution is -2.55. The Hall–Kier alpha value is -2.97. The van der Waals surface area contributed by atoms with Crippen molar-refractivity contribution in [3.63, 3.8) is 0 Å². The van der Waals surface area contributed by atoms with Crippen LogP contribution in [0.5, 0.6) is 5.75 Å². The van der Waals surface area contributed by atoms with Crippen molar-refractivity contribution in [2.24, 2.45) is 0 Å². The Morgan fingerprint density at radius 3 is 2.52 bits per heavy atom. The Labute approximate surface area is 196 Å². The standard InChI is InChI=1S/C24H25ClFN3O4/c1-2-33-23-11-17(22(29(31)32)12-21(23)25)5-10-24(30)28-19-8-9-20(28)15-27(14-19)13-16-3-6-18(26)7-4-16/h3-7,10-12,19-20H,2,8-9,13-15H2,1H3/b10-5+. The number of halogens is 2. The summed E-state index contributed by atoms with van der Waals surface area (Å²) in [7, 11) is 0. The lowest BCUT2D eigenvalue weighted by molar-refractivity contribution is -0.385. The molecule has 2 unspecified atom stereocenters. The van der Waals surface area contributed by atoms with E-state index < -0.39 is 4.92 Å². The van der Waals surface area contributed by atoms with Crippen molar-refractivity contribution >= 4 is 29.3 Å². The number of ether oxygens (including phenoxy) is 1. The Balaban J connectivity index is 1.47. The van der Waals surface area contributed by atoms with E-state index in [1.54, 1.807) is 19.1 Å². The number of hydrogen-bond donors (Lipinski definition) is 0. The average molecular weight is 474 g/mol. The quantitative estimate of drug-likeness (QED) is 0.331. The van der Waals surface area contributed by atoms with Crippen LogP contribution in [-0.2, 0) is 11.3 Å². The van der Waals surface area contributed by atoms with E-state index in [9.17, 15) is 19.3 Å². The van der Waals surface area contributed by atoms with Crippen molar-refractivity contribution in [2.45, 2.75) is 38.4 Å². The highest BCUT2D eigenvalue weighted by Gasteiger charge is 2.41. The summed E-state index contributed by atoms with van der Waals surface area (Å²) >= 11 is 6.08. The van der Waals surface area contributed by atoms with Gasteiger partial charge in [0.05, 0.1) is 22.1 Å². The second-order valence-electron chi connectivity index (χ2n) is 8.32. The second kappa shape index (κ2) is 9.89. The first-order valence-corrected chi connectivity index (χ1v) is 11.3. The summed E-state index contributed by atoms with van der Waals surface area (Å²) in [6.07, 6.45) is 4.69. The zero-order valence-corrected chi connectivity index (χ0v) is 19.0. The highest BCUT2D eigenvalue weighted by Crippen LogP contribution is 2.34. The molecule has 2 fully saturated rings. The van der Waals surface area contributed by atoms with Gasteiger partial charge in [-0.2, -0.15) is 0 Å². The van der Waals surface area contributed by atoms with Crippen LogP contribution in [0.25, 0.3) is 6.08 Å². The van der Waals surface area contributed by atoms with Crippen LogP contribution in [0.2, 0.25) is 5.02 Å². The minimum Gasteiger partial charge on any atom is -0.492 e. The SMILES string of the molecule is CCOc1cc(/C=C/C(=O)N2C3CCC2CN(Cc2ccc(F)cc2)C3)c([N+](=O)[O-])cc1Cl. The summed E-state index contributed by atoms with van der Waals surface area (Å²) in [5.74, 6) is -0.0761. The van der Waals surface area contributed by atoms with Crippen molar-refractivity contribution in [1.29, 1.82) is 0 Å². The first kappa shape index (κ1) is 23.2. The largest absolute Gasteiger partial charge is 0.492 e. The van der Waals surface area contributed by atoms with Crippen molar-refractivity contribution in [2.75, 3.05) is 19.7 Å². The van der Waals surface area contributed by atoms with E-state index in [0.29, 0.717) is 18.9 Å². The molecule has 2 aromatic rings. The Kier molecular flexibility index (Phi) is 6.95. The summed E-state index contributed by atoms with van der Waals surface area (Å²) in [4.78, 5) is 28.2. The smallest absolute Gasteiger partial charge is 0.278 e. The zero-order valence-electron chi connectivity index (χ0n) is 18.2. The lowest BCUT2D eigenvalue weighted by Gasteiger charge is -2.40. The van der Waals surface area contributed by atoms with E-state index in [1.165, 1.54) is 36.4 Å². The molecule has 4 rings (SSSR count). The van der Waals surface area contributed by atoms with E-state index in [4.69, 9.17) is 16.3 Å². The minimum atomic E-state index is -0.524. The van der Waals surface area contributed by atoms with E-state index in [0.717, 1.165) is 31.5 Å². The number of likely N-dealkylation sites (tertiary alicyclic amines) is 1. The van der Waals surface area contributed by atoms with Gasteiger partial charge in [-0.1, -0.05) is 23.7 Å². The van der Waals surface area contributed by atoms with Crippen LogP contribution in [0, 0.1) is 15.9 Å². The summed E-state index contributed by atoms with van der Waals surface area (Å²) in [5.41, 5.74) is 1.12. The molecule has 0 aromatic heterocycles. The number of rotatable bonds is 7. The number of hydrogen-bond acceptors (Lipinski definition) is 5. The number of carbonyl (C=O) groups is 1. The fraction of sp³-hybridized carbons (Fsp3) is 0.375. The van der Waals surface area contributed by atoms with Crippen LogP contribution in [0.3, 0.4) is 0 Å². The maximum absolute atomic E-state index is 13.2. The highest BCUT2D eigenvalue weighted by molar-refractivity contribution is 6.32. The molecule has 2 atom stereocenters. The van der Waals surface area contributed by atoms with E-state index >= 15 is 0 Å². The fourth-order valence-corrected chi connectivity index (χ4v) is 4.90. The van der Waals surface area contributed by atoms with Gasteiger partial charge in [-0.25, -0.2) is 4.39 Å². The van der Waals surface area contributed by atoms with E-state index in [1.807, 2.05) is 4.90 Å². The normalized spacial score (nSPS) is 20.4. The minimum absolute atomic E-state index is 0.0838. The maximum Gasteiger partial charge on any atom is 0.278 e. The topological polar surface area (TPSA) is 75.9 Å². The Bertz CT molecular complexity index is 1060. The first-order valence-electron chi connectivity index (χ1n) is 10.9. The number of nitro benzene ring substituents is 1. The van der Waals surface area contributed by atoms with Crippen LogP contribution in [0.1, 0.15) is 30.9 Å². The van der Waals surface area contributed by atoms with Crippen LogP contribution < -0.4 is 4.74 Å². The molecule has 9 heteroatoms. The molecule has 1 amide bonds. The second-order valence-corrected chi connectivity index (χ2v) is 8.72. The Morgan fingerprint density at radius 1 is 1.24 bits per heavy atom. The molecular weight excluding hydrogens is 449 g/mol. The van der Waals surface area contributed by atoms with Gasteiger partial charge < -0.3 is 9.64 Å². The maximum atomic E-state index is 13.2. The average Bonchev–Trinajstić information content (AvgIpc) is 3.05. The van der Waals surface area contributed by atoms with Crippen LogP contribution >= 0.6 is 11.6 Å². The van der Waals surface area contributed by atoms with Crippen molar-refractivity contribution in [3.8, 4) is 5.75 Å². The van der Waals surface area contributed by atoms with Gasteiger partial charge in [-0.05, 0) is 49.6 Å². The molecule has 2 aromatic carbocycles. The molecule has 0 spiro atoms. The highest BCUT2D eigenvalue weighted by atomic mass is 35.5. The molecule has 7 nitrogen and oxygen atoms in total. The monoisotopic (exact) mass is 473 g/mol.